The fraction of sp³-hybridized carbons (Fsp3) is 0.500. The molecule has 24 heavy (non-hydrogen) atoms. The van der Waals surface area contributed by atoms with E-state index in [1.165, 1.54) is 19.0 Å². The summed E-state index contributed by atoms with van der Waals surface area (Å²) >= 11 is 6.14. The van der Waals surface area contributed by atoms with E-state index in [1.54, 1.807) is 6.92 Å². The Labute approximate surface area is 148 Å². The Morgan fingerprint density at radius 1 is 1.17 bits per heavy atom. The molecular weight excluding hydrogens is 328 g/mol. The maximum absolute atomic E-state index is 12.5. The molecule has 0 saturated carbocycles. The Bertz CT molecular complexity index is 616. The van der Waals surface area contributed by atoms with Gasteiger partial charge in [-0.15, -0.1) is 0 Å². The summed E-state index contributed by atoms with van der Waals surface area (Å²) in [6.45, 7) is 7.59. The van der Waals surface area contributed by atoms with Gasteiger partial charge < -0.3 is 4.74 Å². The van der Waals surface area contributed by atoms with E-state index in [9.17, 15) is 9.59 Å². The van der Waals surface area contributed by atoms with E-state index in [0.29, 0.717) is 5.02 Å². The predicted molar refractivity (Wildman–Crippen MR) is 96.4 cm³/mol. The first-order valence-corrected chi connectivity index (χ1v) is 8.50. The third-order valence-corrected chi connectivity index (χ3v) is 3.94. The normalized spacial score (nSPS) is 11.3. The molecule has 0 aliphatic carbocycles. The molecule has 1 rings (SSSR count). The van der Waals surface area contributed by atoms with Crippen LogP contribution in [0.1, 0.15) is 44.4 Å². The highest BCUT2D eigenvalue weighted by molar-refractivity contribution is 6.35. The second-order valence-corrected chi connectivity index (χ2v) is 5.85. The topological polar surface area (TPSA) is 59.0 Å². The first kappa shape index (κ1) is 20.2. The number of amides is 1. The lowest BCUT2D eigenvalue weighted by atomic mass is 9.95. The zero-order chi connectivity index (χ0) is 18.3. The lowest BCUT2D eigenvalue weighted by Crippen LogP contribution is -2.27. The average molecular weight is 353 g/mol. The van der Waals surface area contributed by atoms with Gasteiger partial charge >= 0.3 is 5.97 Å². The van der Waals surface area contributed by atoms with Crippen LogP contribution in [0.3, 0.4) is 0 Å². The van der Waals surface area contributed by atoms with E-state index in [-0.39, 0.29) is 24.6 Å². The zero-order valence-electron chi connectivity index (χ0n) is 15.0. The van der Waals surface area contributed by atoms with Crippen molar-refractivity contribution in [1.82, 2.24) is 5.01 Å². The number of likely N-dealkylation sites (N-methyl/N-ethyl adjacent to an activating group) is 1. The summed E-state index contributed by atoms with van der Waals surface area (Å²) in [5, 5.41) is 5.90. The van der Waals surface area contributed by atoms with Crippen molar-refractivity contribution in [2.75, 3.05) is 13.7 Å². The summed E-state index contributed by atoms with van der Waals surface area (Å²) < 4.78 is 4.87. The minimum absolute atomic E-state index is 0.148. The van der Waals surface area contributed by atoms with Crippen molar-refractivity contribution in [3.8, 4) is 0 Å². The van der Waals surface area contributed by atoms with Gasteiger partial charge in [-0.25, -0.2) is 9.80 Å². The fourth-order valence-corrected chi connectivity index (χ4v) is 2.70. The van der Waals surface area contributed by atoms with Gasteiger partial charge in [0.1, 0.15) is 5.71 Å². The second-order valence-electron chi connectivity index (χ2n) is 5.41. The van der Waals surface area contributed by atoms with Crippen LogP contribution in [-0.4, -0.2) is 36.3 Å². The minimum Gasteiger partial charge on any atom is -0.461 e. The van der Waals surface area contributed by atoms with Crippen LogP contribution >= 0.6 is 11.6 Å². The molecule has 0 N–H and O–H groups in total. The van der Waals surface area contributed by atoms with Crippen molar-refractivity contribution in [3.05, 3.63) is 33.8 Å². The molecule has 0 aliphatic rings. The molecule has 0 bridgehead atoms. The second kappa shape index (κ2) is 9.42. The molecule has 1 aromatic carbocycles. The number of halogens is 1. The number of nitrogens with zero attached hydrogens (tertiary/aromatic N) is 2. The number of aryl methyl sites for hydroxylation is 2. The van der Waals surface area contributed by atoms with Gasteiger partial charge in [0.05, 0.1) is 13.0 Å². The third-order valence-electron chi connectivity index (χ3n) is 3.72. The Kier molecular flexibility index (Phi) is 7.92. The standard InChI is InChI=1S/C18H25ClN2O3/c1-6-13-9-15(19)10-14(7-2)16(13)11-17(22)21(5)20-12(4)18(23)24-8-3/h9-10H,6-8,11H2,1-5H3. The molecule has 0 aromatic heterocycles. The van der Waals surface area contributed by atoms with Crippen molar-refractivity contribution < 1.29 is 14.3 Å². The summed E-state index contributed by atoms with van der Waals surface area (Å²) in [4.78, 5) is 24.1. The summed E-state index contributed by atoms with van der Waals surface area (Å²) in [7, 11) is 1.54. The zero-order valence-corrected chi connectivity index (χ0v) is 15.7. The van der Waals surface area contributed by atoms with Gasteiger partial charge in [0.2, 0.25) is 5.91 Å². The Morgan fingerprint density at radius 3 is 2.17 bits per heavy atom. The van der Waals surface area contributed by atoms with E-state index in [4.69, 9.17) is 16.3 Å². The van der Waals surface area contributed by atoms with Gasteiger partial charge in [-0.05, 0) is 55.5 Å². The molecule has 132 valence electrons. The molecule has 0 fully saturated rings. The molecule has 0 unspecified atom stereocenters. The van der Waals surface area contributed by atoms with Gasteiger partial charge in [-0.1, -0.05) is 25.4 Å². The number of hydrogen-bond donors (Lipinski definition) is 0. The smallest absolute Gasteiger partial charge is 0.354 e. The van der Waals surface area contributed by atoms with Crippen LogP contribution in [0.4, 0.5) is 0 Å². The Morgan fingerprint density at radius 2 is 1.71 bits per heavy atom. The van der Waals surface area contributed by atoms with Crippen molar-refractivity contribution in [2.45, 2.75) is 47.0 Å². The summed E-state index contributed by atoms with van der Waals surface area (Å²) in [5.41, 5.74) is 3.26. The first-order chi connectivity index (χ1) is 11.3. The van der Waals surface area contributed by atoms with E-state index in [0.717, 1.165) is 29.5 Å². The molecule has 0 aliphatic heterocycles. The molecule has 0 atom stereocenters. The van der Waals surface area contributed by atoms with E-state index >= 15 is 0 Å². The van der Waals surface area contributed by atoms with Crippen molar-refractivity contribution in [2.24, 2.45) is 5.10 Å². The summed E-state index contributed by atoms with van der Waals surface area (Å²) in [6, 6.07) is 3.80. The Balaban J connectivity index is 2.99. The van der Waals surface area contributed by atoms with Crippen LogP contribution in [0.5, 0.6) is 0 Å². The summed E-state index contributed by atoms with van der Waals surface area (Å²) in [5.74, 6) is -0.711. The highest BCUT2D eigenvalue weighted by Gasteiger charge is 2.17. The van der Waals surface area contributed by atoms with Gasteiger partial charge in [-0.3, -0.25) is 4.79 Å². The molecule has 1 aromatic rings. The van der Waals surface area contributed by atoms with Crippen LogP contribution in [0.15, 0.2) is 17.2 Å². The number of rotatable bonds is 7. The van der Waals surface area contributed by atoms with Crippen LogP contribution in [0.25, 0.3) is 0 Å². The largest absolute Gasteiger partial charge is 0.461 e. The number of hydrogen-bond acceptors (Lipinski definition) is 4. The van der Waals surface area contributed by atoms with Crippen LogP contribution in [-0.2, 0) is 33.6 Å². The third kappa shape index (κ3) is 5.34. The molecule has 5 nitrogen and oxygen atoms in total. The number of esters is 1. The first-order valence-electron chi connectivity index (χ1n) is 8.12. The van der Waals surface area contributed by atoms with E-state index in [2.05, 4.69) is 5.10 Å². The number of ether oxygens (including phenoxy) is 1. The molecule has 0 spiro atoms. The van der Waals surface area contributed by atoms with Crippen molar-refractivity contribution in [3.63, 3.8) is 0 Å². The number of hydrazone groups is 1. The summed E-state index contributed by atoms with van der Waals surface area (Å²) in [6.07, 6.45) is 1.82. The quantitative estimate of drug-likeness (QED) is 0.429. The molecular formula is C18H25ClN2O3. The van der Waals surface area contributed by atoms with Crippen LogP contribution in [0.2, 0.25) is 5.02 Å². The molecule has 0 heterocycles. The maximum Gasteiger partial charge on any atom is 0.354 e. The van der Waals surface area contributed by atoms with Gasteiger partial charge in [-0.2, -0.15) is 5.10 Å². The predicted octanol–water partition coefficient (Wildman–Crippen LogP) is 3.40. The lowest BCUT2D eigenvalue weighted by Gasteiger charge is -2.17. The minimum atomic E-state index is -0.521. The fourth-order valence-electron chi connectivity index (χ4n) is 2.44. The van der Waals surface area contributed by atoms with Crippen LogP contribution in [0, 0.1) is 0 Å². The number of benzene rings is 1. The van der Waals surface area contributed by atoms with Crippen molar-refractivity contribution in [1.29, 1.82) is 0 Å². The molecule has 6 heteroatoms. The molecule has 0 radical (unpaired) electrons. The highest BCUT2D eigenvalue weighted by Crippen LogP contribution is 2.23. The SMILES string of the molecule is CCOC(=O)C(C)=NN(C)C(=O)Cc1c(CC)cc(Cl)cc1CC. The van der Waals surface area contributed by atoms with Crippen molar-refractivity contribution >= 4 is 29.2 Å². The number of carbonyl (C=O) groups is 2. The van der Waals surface area contributed by atoms with E-state index < -0.39 is 5.97 Å². The van der Waals surface area contributed by atoms with E-state index in [1.807, 2.05) is 26.0 Å². The average Bonchev–Trinajstić information content (AvgIpc) is 2.55. The molecule has 1 amide bonds. The monoisotopic (exact) mass is 352 g/mol. The van der Waals surface area contributed by atoms with Gasteiger partial charge in [0, 0.05) is 12.1 Å². The molecule has 0 saturated heterocycles. The Hall–Kier alpha value is -1.88. The van der Waals surface area contributed by atoms with Gasteiger partial charge in [0.15, 0.2) is 0 Å². The van der Waals surface area contributed by atoms with Crippen LogP contribution < -0.4 is 0 Å². The highest BCUT2D eigenvalue weighted by atomic mass is 35.5. The maximum atomic E-state index is 12.5. The lowest BCUT2D eigenvalue weighted by molar-refractivity contribution is -0.135. The van der Waals surface area contributed by atoms with Gasteiger partial charge in [0.25, 0.3) is 0 Å². The number of carbonyl (C=O) groups excluding carboxylic acids is 2.